The molecule has 3 rings (SSSR count). The van der Waals surface area contributed by atoms with Gasteiger partial charge in [-0.2, -0.15) is 0 Å². The minimum Gasteiger partial charge on any atom is -0.390 e. The first kappa shape index (κ1) is 24.8. The highest BCUT2D eigenvalue weighted by Gasteiger charge is 2.45. The Hall–Kier alpha value is -1.83. The molecule has 1 aromatic carbocycles. The molecule has 3 N–H and O–H groups in total. The van der Waals surface area contributed by atoms with Crippen LogP contribution >= 0.6 is 11.3 Å². The molecule has 7 heteroatoms. The first-order chi connectivity index (χ1) is 15.0. The molecular formula is C25H34F2N2O2S. The monoisotopic (exact) mass is 464 g/mol. The number of carbonyl (C=O) groups is 1. The third-order valence-electron chi connectivity index (χ3n) is 5.92. The zero-order valence-electron chi connectivity index (χ0n) is 19.3. The van der Waals surface area contributed by atoms with Gasteiger partial charge in [0.25, 0.3) is 0 Å². The van der Waals surface area contributed by atoms with Crippen LogP contribution in [0.4, 0.5) is 8.78 Å². The number of amides is 1. The van der Waals surface area contributed by atoms with Gasteiger partial charge in [-0.3, -0.25) is 4.79 Å². The number of aliphatic hydroxyl groups excluding tert-OH is 1. The second-order valence-electron chi connectivity index (χ2n) is 10.2. The molecule has 0 bridgehead atoms. The number of rotatable bonds is 10. The van der Waals surface area contributed by atoms with Gasteiger partial charge in [-0.15, -0.1) is 11.3 Å². The zero-order valence-corrected chi connectivity index (χ0v) is 20.1. The highest BCUT2D eigenvalue weighted by atomic mass is 32.1. The maximum Gasteiger partial charge on any atom is 0.217 e. The van der Waals surface area contributed by atoms with Gasteiger partial charge < -0.3 is 15.7 Å². The van der Waals surface area contributed by atoms with E-state index in [1.54, 1.807) is 11.3 Å². The number of nitrogens with one attached hydrogen (secondary N) is 2. The van der Waals surface area contributed by atoms with Crippen LogP contribution in [0.1, 0.15) is 63.0 Å². The van der Waals surface area contributed by atoms with Crippen molar-refractivity contribution in [2.75, 3.05) is 6.54 Å². The molecule has 1 saturated carbocycles. The molecule has 1 fully saturated rings. The Kier molecular flexibility index (Phi) is 7.73. The standard InChI is InChI=1S/C25H34F2N2O2S/c1-16(30)29-21(11-18-9-19(26)13-20(27)10-18)22(31)14-28-25(7-8-25)23-12-17(15-32-23)5-6-24(2,3)4/h9-10,12-13,15,21-22,28,31H,5-8,11,14H2,1-4H3,(H,29,30). The number of hydrogen-bond acceptors (Lipinski definition) is 4. The molecule has 0 aliphatic heterocycles. The van der Waals surface area contributed by atoms with Gasteiger partial charge in [0.1, 0.15) is 11.6 Å². The Morgan fingerprint density at radius 1 is 1.16 bits per heavy atom. The van der Waals surface area contributed by atoms with Crippen molar-refractivity contribution in [2.24, 2.45) is 5.41 Å². The van der Waals surface area contributed by atoms with Crippen LogP contribution in [0.15, 0.2) is 29.6 Å². The van der Waals surface area contributed by atoms with E-state index in [4.69, 9.17) is 0 Å². The maximum atomic E-state index is 13.6. The zero-order chi connectivity index (χ0) is 23.5. The number of aryl methyl sites for hydroxylation is 1. The summed E-state index contributed by atoms with van der Waals surface area (Å²) >= 11 is 1.75. The van der Waals surface area contributed by atoms with Gasteiger partial charge in [0, 0.05) is 24.4 Å². The lowest BCUT2D eigenvalue weighted by Crippen LogP contribution is -2.49. The van der Waals surface area contributed by atoms with Crippen molar-refractivity contribution in [1.82, 2.24) is 10.6 Å². The average Bonchev–Trinajstić information content (AvgIpc) is 3.30. The van der Waals surface area contributed by atoms with Crippen LogP contribution in [0.25, 0.3) is 0 Å². The molecule has 1 aromatic heterocycles. The van der Waals surface area contributed by atoms with Crippen molar-refractivity contribution < 1.29 is 18.7 Å². The number of aliphatic hydroxyl groups is 1. The maximum absolute atomic E-state index is 13.6. The fraction of sp³-hybridized carbons (Fsp3) is 0.560. The van der Waals surface area contributed by atoms with Crippen LogP contribution in [0.2, 0.25) is 0 Å². The number of halogens is 2. The molecule has 2 unspecified atom stereocenters. The van der Waals surface area contributed by atoms with Gasteiger partial charge in [0.05, 0.1) is 17.7 Å². The minimum atomic E-state index is -0.900. The van der Waals surface area contributed by atoms with Gasteiger partial charge in [-0.25, -0.2) is 8.78 Å². The van der Waals surface area contributed by atoms with E-state index in [1.807, 2.05) is 0 Å². The third-order valence-corrected chi connectivity index (χ3v) is 7.10. The quantitative estimate of drug-likeness (QED) is 0.478. The molecule has 1 aliphatic carbocycles. The summed E-state index contributed by atoms with van der Waals surface area (Å²) in [6, 6.07) is 4.88. The van der Waals surface area contributed by atoms with Crippen LogP contribution in [-0.2, 0) is 23.2 Å². The molecule has 2 atom stereocenters. The van der Waals surface area contributed by atoms with Crippen molar-refractivity contribution >= 4 is 17.2 Å². The molecule has 1 heterocycles. The normalized spacial score (nSPS) is 17.1. The van der Waals surface area contributed by atoms with E-state index in [9.17, 15) is 18.7 Å². The van der Waals surface area contributed by atoms with Crippen molar-refractivity contribution in [1.29, 1.82) is 0 Å². The Morgan fingerprint density at radius 3 is 2.38 bits per heavy atom. The predicted molar refractivity (Wildman–Crippen MR) is 125 cm³/mol. The van der Waals surface area contributed by atoms with Gasteiger partial charge in [0.2, 0.25) is 5.91 Å². The molecule has 32 heavy (non-hydrogen) atoms. The molecule has 0 saturated heterocycles. The Labute approximate surface area is 193 Å². The van der Waals surface area contributed by atoms with Gasteiger partial charge in [-0.1, -0.05) is 20.8 Å². The molecule has 0 radical (unpaired) electrons. The molecular weight excluding hydrogens is 430 g/mol. The topological polar surface area (TPSA) is 61.4 Å². The second kappa shape index (κ2) is 9.98. The van der Waals surface area contributed by atoms with E-state index < -0.39 is 23.8 Å². The molecule has 2 aromatic rings. The first-order valence-electron chi connectivity index (χ1n) is 11.2. The van der Waals surface area contributed by atoms with Crippen LogP contribution in [0.5, 0.6) is 0 Å². The third kappa shape index (κ3) is 7.09. The number of benzene rings is 1. The smallest absolute Gasteiger partial charge is 0.217 e. The summed E-state index contributed by atoms with van der Waals surface area (Å²) in [6.07, 6.45) is 3.41. The summed E-state index contributed by atoms with van der Waals surface area (Å²) in [5.74, 6) is -1.65. The molecule has 4 nitrogen and oxygen atoms in total. The van der Waals surface area contributed by atoms with E-state index in [2.05, 4.69) is 42.9 Å². The van der Waals surface area contributed by atoms with Crippen LogP contribution in [0.3, 0.4) is 0 Å². The van der Waals surface area contributed by atoms with Gasteiger partial charge >= 0.3 is 0 Å². The summed E-state index contributed by atoms with van der Waals surface area (Å²) < 4.78 is 27.1. The summed E-state index contributed by atoms with van der Waals surface area (Å²) in [5.41, 5.74) is 1.91. The first-order valence-corrected chi connectivity index (χ1v) is 12.1. The highest BCUT2D eigenvalue weighted by Crippen LogP contribution is 2.48. The molecule has 1 aliphatic rings. The minimum absolute atomic E-state index is 0.128. The largest absolute Gasteiger partial charge is 0.390 e. The van der Waals surface area contributed by atoms with Crippen molar-refractivity contribution in [3.8, 4) is 0 Å². The number of carbonyl (C=O) groups excluding carboxylic acids is 1. The Morgan fingerprint density at radius 2 is 1.81 bits per heavy atom. The summed E-state index contributed by atoms with van der Waals surface area (Å²) in [5, 5.41) is 19.3. The summed E-state index contributed by atoms with van der Waals surface area (Å²) in [7, 11) is 0. The van der Waals surface area contributed by atoms with Crippen molar-refractivity contribution in [2.45, 2.75) is 77.5 Å². The van der Waals surface area contributed by atoms with Crippen LogP contribution in [-0.4, -0.2) is 29.7 Å². The van der Waals surface area contributed by atoms with Gasteiger partial charge in [-0.05, 0) is 72.2 Å². The second-order valence-corrected chi connectivity index (χ2v) is 11.1. The van der Waals surface area contributed by atoms with E-state index in [-0.39, 0.29) is 24.4 Å². The summed E-state index contributed by atoms with van der Waals surface area (Å²) in [6.45, 7) is 8.38. The Bertz CT molecular complexity index is 914. The lowest BCUT2D eigenvalue weighted by atomic mass is 9.89. The van der Waals surface area contributed by atoms with Crippen LogP contribution in [0, 0.1) is 17.0 Å². The number of hydrogen-bond donors (Lipinski definition) is 3. The van der Waals surface area contributed by atoms with Crippen LogP contribution < -0.4 is 10.6 Å². The highest BCUT2D eigenvalue weighted by molar-refractivity contribution is 7.10. The fourth-order valence-corrected chi connectivity index (χ4v) is 5.07. The van der Waals surface area contributed by atoms with E-state index in [0.717, 1.165) is 31.7 Å². The van der Waals surface area contributed by atoms with Crippen molar-refractivity contribution in [3.63, 3.8) is 0 Å². The van der Waals surface area contributed by atoms with Gasteiger partial charge in [0.15, 0.2) is 0 Å². The van der Waals surface area contributed by atoms with Crippen molar-refractivity contribution in [3.05, 3.63) is 57.3 Å². The molecule has 176 valence electrons. The fourth-order valence-electron chi connectivity index (χ4n) is 3.88. The van der Waals surface area contributed by atoms with E-state index in [0.29, 0.717) is 11.0 Å². The molecule has 0 spiro atoms. The lowest BCUT2D eigenvalue weighted by Gasteiger charge is -2.26. The lowest BCUT2D eigenvalue weighted by molar-refractivity contribution is -0.120. The Balaban J connectivity index is 1.62. The average molecular weight is 465 g/mol. The predicted octanol–water partition coefficient (Wildman–Crippen LogP) is 4.69. The summed E-state index contributed by atoms with van der Waals surface area (Å²) in [4.78, 5) is 12.9. The molecule has 1 amide bonds. The SMILES string of the molecule is CC(=O)NC(Cc1cc(F)cc(F)c1)C(O)CNC1(c2cc(CCC(C)(C)C)cs2)CC1. The van der Waals surface area contributed by atoms with E-state index in [1.165, 1.54) is 29.5 Å². The number of thiophene rings is 1. The van der Waals surface area contributed by atoms with E-state index >= 15 is 0 Å².